The van der Waals surface area contributed by atoms with E-state index in [1.807, 2.05) is 36.4 Å². The number of carbonyl (C=O) groups is 1. The highest BCUT2D eigenvalue weighted by Crippen LogP contribution is 2.21. The zero-order chi connectivity index (χ0) is 18.5. The number of hydrogen-bond donors (Lipinski definition) is 1. The quantitative estimate of drug-likeness (QED) is 0.673. The maximum absolute atomic E-state index is 12.3. The number of amides is 1. The number of nitrogens with one attached hydrogen (secondary N) is 1. The lowest BCUT2D eigenvalue weighted by molar-refractivity contribution is -0.123. The van der Waals surface area contributed by atoms with E-state index in [4.69, 9.17) is 4.74 Å². The van der Waals surface area contributed by atoms with Gasteiger partial charge in [0.05, 0.1) is 6.04 Å². The van der Waals surface area contributed by atoms with Crippen LogP contribution in [0.4, 0.5) is 0 Å². The fourth-order valence-corrected chi connectivity index (χ4v) is 3.04. The third-order valence-electron chi connectivity index (χ3n) is 4.77. The van der Waals surface area contributed by atoms with Crippen molar-refractivity contribution in [3.8, 4) is 5.75 Å². The maximum Gasteiger partial charge on any atom is 0.258 e. The molecule has 0 saturated heterocycles. The van der Waals surface area contributed by atoms with E-state index < -0.39 is 0 Å². The third-order valence-corrected chi connectivity index (χ3v) is 4.77. The Labute approximate surface area is 155 Å². The van der Waals surface area contributed by atoms with Crippen molar-refractivity contribution >= 4 is 16.7 Å². The first-order chi connectivity index (χ1) is 12.6. The second-order valence-corrected chi connectivity index (χ2v) is 6.67. The van der Waals surface area contributed by atoms with Crippen LogP contribution in [0.5, 0.6) is 5.75 Å². The molecule has 0 radical (unpaired) electrons. The van der Waals surface area contributed by atoms with Gasteiger partial charge in [0.2, 0.25) is 0 Å². The van der Waals surface area contributed by atoms with Crippen molar-refractivity contribution in [2.24, 2.45) is 0 Å². The number of benzene rings is 3. The number of rotatable bonds is 6. The molecule has 3 nitrogen and oxygen atoms in total. The van der Waals surface area contributed by atoms with Crippen molar-refractivity contribution in [1.29, 1.82) is 0 Å². The molecule has 1 N–H and O–H groups in total. The first kappa shape index (κ1) is 18.0. The Balaban J connectivity index is 1.62. The van der Waals surface area contributed by atoms with Gasteiger partial charge in [-0.25, -0.2) is 0 Å². The molecule has 3 aromatic rings. The molecule has 3 heteroatoms. The molecule has 134 valence electrons. The molecule has 0 aliphatic rings. The van der Waals surface area contributed by atoms with Crippen LogP contribution in [0.1, 0.15) is 36.1 Å². The van der Waals surface area contributed by atoms with E-state index in [2.05, 4.69) is 50.4 Å². The SMILES string of the molecule is CCC(NC(=O)COc1ccc2ccccc2c1)c1ccc(C)c(C)c1. The van der Waals surface area contributed by atoms with Crippen LogP contribution in [0.25, 0.3) is 10.8 Å². The second kappa shape index (κ2) is 8.05. The Morgan fingerprint density at radius 2 is 1.73 bits per heavy atom. The summed E-state index contributed by atoms with van der Waals surface area (Å²) < 4.78 is 5.69. The Hall–Kier alpha value is -2.81. The van der Waals surface area contributed by atoms with Crippen LogP contribution in [0.15, 0.2) is 60.7 Å². The summed E-state index contributed by atoms with van der Waals surface area (Å²) in [4.78, 5) is 12.3. The summed E-state index contributed by atoms with van der Waals surface area (Å²) in [7, 11) is 0. The normalized spacial score (nSPS) is 12.0. The topological polar surface area (TPSA) is 38.3 Å². The van der Waals surface area contributed by atoms with E-state index in [0.717, 1.165) is 22.8 Å². The summed E-state index contributed by atoms with van der Waals surface area (Å²) in [5, 5.41) is 5.33. The number of carbonyl (C=O) groups excluding carboxylic acids is 1. The van der Waals surface area contributed by atoms with Crippen molar-refractivity contribution < 1.29 is 9.53 Å². The lowest BCUT2D eigenvalue weighted by atomic mass is 9.99. The molecular weight excluding hydrogens is 322 g/mol. The largest absolute Gasteiger partial charge is 0.484 e. The Morgan fingerprint density at radius 3 is 2.46 bits per heavy atom. The molecule has 0 heterocycles. The van der Waals surface area contributed by atoms with Gasteiger partial charge >= 0.3 is 0 Å². The average Bonchev–Trinajstić information content (AvgIpc) is 2.66. The molecule has 1 amide bonds. The monoisotopic (exact) mass is 347 g/mol. The second-order valence-electron chi connectivity index (χ2n) is 6.67. The highest BCUT2D eigenvalue weighted by atomic mass is 16.5. The van der Waals surface area contributed by atoms with Gasteiger partial charge in [0.15, 0.2) is 6.61 Å². The average molecular weight is 347 g/mol. The maximum atomic E-state index is 12.3. The van der Waals surface area contributed by atoms with Crippen molar-refractivity contribution in [3.63, 3.8) is 0 Å². The fraction of sp³-hybridized carbons (Fsp3) is 0.261. The Morgan fingerprint density at radius 1 is 0.962 bits per heavy atom. The summed E-state index contributed by atoms with van der Waals surface area (Å²) in [5.74, 6) is 0.598. The van der Waals surface area contributed by atoms with Crippen molar-refractivity contribution in [2.75, 3.05) is 6.61 Å². The molecule has 0 spiro atoms. The molecule has 0 fully saturated rings. The molecule has 0 aliphatic heterocycles. The van der Waals surface area contributed by atoms with Crippen molar-refractivity contribution in [1.82, 2.24) is 5.32 Å². The molecular formula is C23H25NO2. The number of ether oxygens (including phenoxy) is 1. The molecule has 0 bridgehead atoms. The highest BCUT2D eigenvalue weighted by Gasteiger charge is 2.14. The van der Waals surface area contributed by atoms with Crippen LogP contribution in [0.2, 0.25) is 0 Å². The standard InChI is InChI=1S/C23H25NO2/c1-4-22(20-10-9-16(2)17(3)13-20)24-23(25)15-26-21-12-11-18-7-5-6-8-19(18)14-21/h5-14,22H,4,15H2,1-3H3,(H,24,25). The van der Waals surface area contributed by atoms with Gasteiger partial charge in [-0.2, -0.15) is 0 Å². The van der Waals surface area contributed by atoms with E-state index in [0.29, 0.717) is 5.75 Å². The highest BCUT2D eigenvalue weighted by molar-refractivity contribution is 5.84. The summed E-state index contributed by atoms with van der Waals surface area (Å²) in [5.41, 5.74) is 3.63. The van der Waals surface area contributed by atoms with Crippen LogP contribution < -0.4 is 10.1 Å². The van der Waals surface area contributed by atoms with E-state index in [-0.39, 0.29) is 18.6 Å². The van der Waals surface area contributed by atoms with Crippen LogP contribution >= 0.6 is 0 Å². The van der Waals surface area contributed by atoms with E-state index in [1.165, 1.54) is 11.1 Å². The van der Waals surface area contributed by atoms with E-state index in [1.54, 1.807) is 0 Å². The number of fused-ring (bicyclic) bond motifs is 1. The summed E-state index contributed by atoms with van der Waals surface area (Å²) in [6.07, 6.45) is 0.838. The zero-order valence-corrected chi connectivity index (χ0v) is 15.6. The Kier molecular flexibility index (Phi) is 5.57. The summed E-state index contributed by atoms with van der Waals surface area (Å²) >= 11 is 0. The molecule has 26 heavy (non-hydrogen) atoms. The van der Waals surface area contributed by atoms with E-state index >= 15 is 0 Å². The molecule has 3 rings (SSSR count). The smallest absolute Gasteiger partial charge is 0.258 e. The van der Waals surface area contributed by atoms with Gasteiger partial charge in [-0.05, 0) is 59.9 Å². The summed E-state index contributed by atoms with van der Waals surface area (Å²) in [6.45, 7) is 6.27. The first-order valence-corrected chi connectivity index (χ1v) is 9.05. The van der Waals surface area contributed by atoms with Gasteiger partial charge in [-0.1, -0.05) is 55.5 Å². The molecule has 0 aromatic heterocycles. The van der Waals surface area contributed by atoms with Gasteiger partial charge < -0.3 is 10.1 Å². The van der Waals surface area contributed by atoms with Crippen LogP contribution in [0.3, 0.4) is 0 Å². The number of aryl methyl sites for hydroxylation is 2. The minimum absolute atomic E-state index is 0.00186. The molecule has 3 aromatic carbocycles. The summed E-state index contributed by atoms with van der Waals surface area (Å²) in [6, 6.07) is 20.3. The van der Waals surface area contributed by atoms with Crippen LogP contribution in [0, 0.1) is 13.8 Å². The number of hydrogen-bond acceptors (Lipinski definition) is 2. The zero-order valence-electron chi connectivity index (χ0n) is 15.6. The minimum atomic E-state index is -0.108. The van der Waals surface area contributed by atoms with Gasteiger partial charge in [-0.15, -0.1) is 0 Å². The van der Waals surface area contributed by atoms with Crippen LogP contribution in [-0.2, 0) is 4.79 Å². The predicted molar refractivity (Wildman–Crippen MR) is 107 cm³/mol. The van der Waals surface area contributed by atoms with Gasteiger partial charge in [-0.3, -0.25) is 4.79 Å². The first-order valence-electron chi connectivity index (χ1n) is 9.05. The lowest BCUT2D eigenvalue weighted by Gasteiger charge is -2.19. The fourth-order valence-electron chi connectivity index (χ4n) is 3.04. The van der Waals surface area contributed by atoms with Gasteiger partial charge in [0.25, 0.3) is 5.91 Å². The third kappa shape index (κ3) is 4.23. The molecule has 1 unspecified atom stereocenters. The van der Waals surface area contributed by atoms with Crippen molar-refractivity contribution in [2.45, 2.75) is 33.2 Å². The predicted octanol–water partition coefficient (Wildman–Crippen LogP) is 5.10. The Bertz CT molecular complexity index is 917. The minimum Gasteiger partial charge on any atom is -0.484 e. The van der Waals surface area contributed by atoms with Gasteiger partial charge in [0, 0.05) is 0 Å². The van der Waals surface area contributed by atoms with Crippen LogP contribution in [-0.4, -0.2) is 12.5 Å². The van der Waals surface area contributed by atoms with Gasteiger partial charge in [0.1, 0.15) is 5.75 Å². The molecule has 0 aliphatic carbocycles. The van der Waals surface area contributed by atoms with Crippen molar-refractivity contribution in [3.05, 3.63) is 77.4 Å². The van der Waals surface area contributed by atoms with E-state index in [9.17, 15) is 4.79 Å². The molecule has 1 atom stereocenters. The molecule has 0 saturated carbocycles. The lowest BCUT2D eigenvalue weighted by Crippen LogP contribution is -2.32.